The average Bonchev–Trinajstić information content (AvgIpc) is 2.73. The van der Waals surface area contributed by atoms with E-state index in [-0.39, 0.29) is 11.4 Å². The van der Waals surface area contributed by atoms with E-state index in [0.717, 1.165) is 24.8 Å². The van der Waals surface area contributed by atoms with Gasteiger partial charge < -0.3 is 15.0 Å². The molecule has 0 aliphatic carbocycles. The van der Waals surface area contributed by atoms with Crippen LogP contribution < -0.4 is 5.32 Å². The number of carbonyl (C=O) groups is 2. The number of nitrogens with one attached hydrogen (secondary N) is 1. The molecule has 0 radical (unpaired) electrons. The highest BCUT2D eigenvalue weighted by Crippen LogP contribution is 2.17. The van der Waals surface area contributed by atoms with Gasteiger partial charge in [0.1, 0.15) is 0 Å². The second-order valence-corrected chi connectivity index (χ2v) is 8.63. The molecule has 2 amide bonds. The van der Waals surface area contributed by atoms with Crippen LogP contribution in [0.15, 0.2) is 29.2 Å². The number of morpholine rings is 1. The molecule has 0 bridgehead atoms. The number of benzene rings is 1. The van der Waals surface area contributed by atoms with Crippen LogP contribution in [0.4, 0.5) is 0 Å². The highest BCUT2D eigenvalue weighted by molar-refractivity contribution is 7.89. The number of hydrogen-bond acceptors (Lipinski definition) is 5. The van der Waals surface area contributed by atoms with Crippen molar-refractivity contribution < 1.29 is 22.7 Å². The fourth-order valence-corrected chi connectivity index (χ4v) is 4.62. The maximum Gasteiger partial charge on any atom is 0.311 e. The Labute approximate surface area is 159 Å². The number of sulfonamides is 1. The van der Waals surface area contributed by atoms with Gasteiger partial charge >= 0.3 is 11.8 Å². The fourth-order valence-electron chi connectivity index (χ4n) is 3.21. The van der Waals surface area contributed by atoms with Gasteiger partial charge in [0.15, 0.2) is 0 Å². The number of piperidine rings is 1. The van der Waals surface area contributed by atoms with Gasteiger partial charge in [0.2, 0.25) is 10.0 Å². The van der Waals surface area contributed by atoms with Crippen molar-refractivity contribution in [2.24, 2.45) is 0 Å². The summed E-state index contributed by atoms with van der Waals surface area (Å²) in [6, 6.07) is 6.36. The molecule has 9 heteroatoms. The Morgan fingerprint density at radius 1 is 0.963 bits per heavy atom. The number of carbonyl (C=O) groups excluding carboxylic acids is 2. The zero-order valence-electron chi connectivity index (χ0n) is 15.2. The van der Waals surface area contributed by atoms with Gasteiger partial charge in [0.05, 0.1) is 18.1 Å². The maximum absolute atomic E-state index is 12.6. The first-order valence-electron chi connectivity index (χ1n) is 9.22. The van der Waals surface area contributed by atoms with Crippen molar-refractivity contribution in [2.75, 3.05) is 39.4 Å². The number of rotatable bonds is 4. The highest BCUT2D eigenvalue weighted by atomic mass is 32.2. The van der Waals surface area contributed by atoms with Gasteiger partial charge in [-0.3, -0.25) is 9.59 Å². The van der Waals surface area contributed by atoms with Crippen LogP contribution in [0.3, 0.4) is 0 Å². The summed E-state index contributed by atoms with van der Waals surface area (Å²) < 4.78 is 31.8. The summed E-state index contributed by atoms with van der Waals surface area (Å²) in [5.74, 6) is -1.12. The van der Waals surface area contributed by atoms with Crippen LogP contribution in [0, 0.1) is 0 Å². The lowest BCUT2D eigenvalue weighted by Gasteiger charge is -2.26. The van der Waals surface area contributed by atoms with E-state index >= 15 is 0 Å². The largest absolute Gasteiger partial charge is 0.379 e. The van der Waals surface area contributed by atoms with Gasteiger partial charge in [-0.25, -0.2) is 8.42 Å². The lowest BCUT2D eigenvalue weighted by molar-refractivity contribution is -0.146. The van der Waals surface area contributed by atoms with E-state index in [1.54, 1.807) is 17.0 Å². The molecular formula is C18H25N3O5S. The Kier molecular flexibility index (Phi) is 6.46. The van der Waals surface area contributed by atoms with E-state index in [1.807, 2.05) is 0 Å². The van der Waals surface area contributed by atoms with Crippen molar-refractivity contribution >= 4 is 21.8 Å². The zero-order chi connectivity index (χ0) is 19.3. The molecule has 0 unspecified atom stereocenters. The first kappa shape index (κ1) is 19.8. The Balaban J connectivity index is 1.55. The van der Waals surface area contributed by atoms with E-state index in [9.17, 15) is 18.0 Å². The van der Waals surface area contributed by atoms with E-state index in [0.29, 0.717) is 39.4 Å². The first-order chi connectivity index (χ1) is 13.0. The van der Waals surface area contributed by atoms with Gasteiger partial charge in [0, 0.05) is 32.7 Å². The summed E-state index contributed by atoms with van der Waals surface area (Å²) >= 11 is 0. The number of amides is 2. The molecule has 148 valence electrons. The lowest BCUT2D eigenvalue weighted by atomic mass is 10.1. The highest BCUT2D eigenvalue weighted by Gasteiger charge is 2.26. The minimum absolute atomic E-state index is 0.177. The quantitative estimate of drug-likeness (QED) is 0.742. The molecule has 27 heavy (non-hydrogen) atoms. The van der Waals surface area contributed by atoms with Crippen molar-refractivity contribution in [3.63, 3.8) is 0 Å². The second-order valence-electron chi connectivity index (χ2n) is 6.70. The smallest absolute Gasteiger partial charge is 0.311 e. The molecule has 0 saturated carbocycles. The molecule has 1 aromatic rings. The third kappa shape index (κ3) is 4.85. The topological polar surface area (TPSA) is 96.0 Å². The first-order valence-corrected chi connectivity index (χ1v) is 10.7. The van der Waals surface area contributed by atoms with Crippen LogP contribution in [-0.2, 0) is 30.9 Å². The summed E-state index contributed by atoms with van der Waals surface area (Å²) in [5.41, 5.74) is 0.732. The predicted molar refractivity (Wildman–Crippen MR) is 98.3 cm³/mol. The van der Waals surface area contributed by atoms with Crippen LogP contribution in [-0.4, -0.2) is 68.8 Å². The molecule has 0 aromatic heterocycles. The van der Waals surface area contributed by atoms with Crippen molar-refractivity contribution in [3.8, 4) is 0 Å². The summed E-state index contributed by atoms with van der Waals surface area (Å²) in [6.07, 6.45) is 2.95. The minimum Gasteiger partial charge on any atom is -0.379 e. The number of nitrogens with zero attached hydrogens (tertiary/aromatic N) is 2. The van der Waals surface area contributed by atoms with Gasteiger partial charge in [0.25, 0.3) is 0 Å². The molecule has 2 heterocycles. The average molecular weight is 395 g/mol. The van der Waals surface area contributed by atoms with Crippen LogP contribution in [0.1, 0.15) is 24.8 Å². The van der Waals surface area contributed by atoms with Crippen LogP contribution in [0.5, 0.6) is 0 Å². The van der Waals surface area contributed by atoms with Crippen molar-refractivity contribution in [1.82, 2.24) is 14.5 Å². The molecule has 3 rings (SSSR count). The minimum atomic E-state index is -3.53. The summed E-state index contributed by atoms with van der Waals surface area (Å²) in [4.78, 5) is 25.9. The molecule has 2 aliphatic heterocycles. The summed E-state index contributed by atoms with van der Waals surface area (Å²) in [5, 5.41) is 2.61. The fraction of sp³-hybridized carbons (Fsp3) is 0.556. The van der Waals surface area contributed by atoms with E-state index in [1.165, 1.54) is 16.4 Å². The molecule has 0 spiro atoms. The zero-order valence-corrected chi connectivity index (χ0v) is 16.0. The standard InChI is InChI=1S/C18H25N3O5S/c22-17(18(23)20-8-2-1-3-9-20)19-14-15-4-6-16(7-5-15)27(24,25)21-10-12-26-13-11-21/h4-7H,1-3,8-14H2,(H,19,22). The number of ether oxygens (including phenoxy) is 1. The predicted octanol–water partition coefficient (Wildman–Crippen LogP) is 0.336. The number of hydrogen-bond donors (Lipinski definition) is 1. The molecule has 2 aliphatic rings. The monoisotopic (exact) mass is 395 g/mol. The van der Waals surface area contributed by atoms with Crippen molar-refractivity contribution in [2.45, 2.75) is 30.7 Å². The Hall–Kier alpha value is -1.97. The second kappa shape index (κ2) is 8.81. The Morgan fingerprint density at radius 2 is 1.59 bits per heavy atom. The normalized spacial score (nSPS) is 18.9. The third-order valence-corrected chi connectivity index (χ3v) is 6.73. The van der Waals surface area contributed by atoms with Gasteiger partial charge in [-0.2, -0.15) is 4.31 Å². The summed E-state index contributed by atoms with van der Waals surface area (Å²) in [6.45, 7) is 2.91. The van der Waals surface area contributed by atoms with Crippen LogP contribution in [0.25, 0.3) is 0 Å². The van der Waals surface area contributed by atoms with Crippen LogP contribution in [0.2, 0.25) is 0 Å². The van der Waals surface area contributed by atoms with E-state index in [2.05, 4.69) is 5.32 Å². The Bertz CT molecular complexity index is 767. The molecular weight excluding hydrogens is 370 g/mol. The van der Waals surface area contributed by atoms with Crippen LogP contribution >= 0.6 is 0 Å². The van der Waals surface area contributed by atoms with E-state index in [4.69, 9.17) is 4.74 Å². The molecule has 2 fully saturated rings. The molecule has 8 nitrogen and oxygen atoms in total. The number of likely N-dealkylation sites (tertiary alicyclic amines) is 1. The Morgan fingerprint density at radius 3 is 2.22 bits per heavy atom. The van der Waals surface area contributed by atoms with Gasteiger partial charge in [-0.15, -0.1) is 0 Å². The maximum atomic E-state index is 12.6. The lowest BCUT2D eigenvalue weighted by Crippen LogP contribution is -2.44. The molecule has 2 saturated heterocycles. The molecule has 1 aromatic carbocycles. The van der Waals surface area contributed by atoms with Crippen molar-refractivity contribution in [1.29, 1.82) is 0 Å². The SMILES string of the molecule is O=C(NCc1ccc(S(=O)(=O)N2CCOCC2)cc1)C(=O)N1CCCCC1. The van der Waals surface area contributed by atoms with E-state index < -0.39 is 21.8 Å². The molecule has 1 N–H and O–H groups in total. The molecule has 0 atom stereocenters. The van der Waals surface area contributed by atoms with Gasteiger partial charge in [-0.1, -0.05) is 12.1 Å². The van der Waals surface area contributed by atoms with Crippen molar-refractivity contribution in [3.05, 3.63) is 29.8 Å². The van der Waals surface area contributed by atoms with Gasteiger partial charge in [-0.05, 0) is 37.0 Å². The summed E-state index contributed by atoms with van der Waals surface area (Å²) in [7, 11) is -3.53. The third-order valence-electron chi connectivity index (χ3n) is 4.82.